The van der Waals surface area contributed by atoms with E-state index in [2.05, 4.69) is 289 Å². The number of benzene rings is 12. The summed E-state index contributed by atoms with van der Waals surface area (Å²) in [6.45, 7) is 0. The van der Waals surface area contributed by atoms with Gasteiger partial charge in [0.25, 0.3) is 0 Å². The van der Waals surface area contributed by atoms with Crippen molar-refractivity contribution in [3.8, 4) is 39.1 Å². The van der Waals surface area contributed by atoms with E-state index in [0.717, 1.165) is 22.7 Å². The van der Waals surface area contributed by atoms with Crippen molar-refractivity contribution in [3.63, 3.8) is 0 Å². The van der Waals surface area contributed by atoms with Crippen LogP contribution in [0.3, 0.4) is 0 Å². The van der Waals surface area contributed by atoms with Crippen LogP contribution in [0.5, 0.6) is 0 Å². The minimum absolute atomic E-state index is 0.527. The summed E-state index contributed by atoms with van der Waals surface area (Å²) in [5.74, 6) is 0. The number of hydrogen-bond donors (Lipinski definition) is 0. The Labute approximate surface area is 413 Å². The molecule has 0 saturated heterocycles. The molecule has 1 aliphatic rings. The topological polar surface area (TPSA) is 8.17 Å². The molecule has 0 spiro atoms. The minimum Gasteiger partial charge on any atom is -0.310 e. The van der Waals surface area contributed by atoms with Gasteiger partial charge in [0.2, 0.25) is 0 Å². The number of para-hydroxylation sites is 1. The van der Waals surface area contributed by atoms with E-state index in [4.69, 9.17) is 0 Å². The zero-order chi connectivity index (χ0) is 46.9. The molecule has 14 rings (SSSR count). The fraction of sp³-hybridized carbons (Fsp3) is 0.0145. The number of nitrogens with zero attached hydrogens (tertiary/aromatic N) is 2. The predicted molar refractivity (Wildman–Crippen MR) is 299 cm³/mol. The van der Waals surface area contributed by atoms with E-state index in [1.165, 1.54) is 99.0 Å². The van der Waals surface area contributed by atoms with Gasteiger partial charge in [-0.2, -0.15) is 0 Å². The maximum Gasteiger partial charge on any atom is 0.0714 e. The fourth-order valence-electron chi connectivity index (χ4n) is 11.9. The summed E-state index contributed by atoms with van der Waals surface area (Å²) < 4.78 is 2.41. The van der Waals surface area contributed by atoms with Crippen LogP contribution in [-0.2, 0) is 5.41 Å². The van der Waals surface area contributed by atoms with E-state index in [1.54, 1.807) is 0 Å². The van der Waals surface area contributed by atoms with Crippen molar-refractivity contribution in [2.24, 2.45) is 0 Å². The highest BCUT2D eigenvalue weighted by Gasteiger charge is 2.46. The molecule has 13 aromatic rings. The quantitative estimate of drug-likeness (QED) is 0.147. The first kappa shape index (κ1) is 40.8. The van der Waals surface area contributed by atoms with Gasteiger partial charge in [-0.25, -0.2) is 0 Å². The van der Waals surface area contributed by atoms with Crippen LogP contribution in [0.4, 0.5) is 17.1 Å². The van der Waals surface area contributed by atoms with Gasteiger partial charge in [-0.15, -0.1) is 0 Å². The second-order valence-electron chi connectivity index (χ2n) is 18.8. The maximum absolute atomic E-state index is 2.47. The van der Waals surface area contributed by atoms with Crippen molar-refractivity contribution in [1.29, 1.82) is 0 Å². The zero-order valence-electron chi connectivity index (χ0n) is 39.0. The van der Waals surface area contributed by atoms with Gasteiger partial charge >= 0.3 is 0 Å². The van der Waals surface area contributed by atoms with Gasteiger partial charge in [0.05, 0.1) is 16.4 Å². The zero-order valence-corrected chi connectivity index (χ0v) is 39.0. The van der Waals surface area contributed by atoms with Crippen LogP contribution in [0, 0.1) is 0 Å². The molecule has 0 radical (unpaired) electrons. The second-order valence-corrected chi connectivity index (χ2v) is 18.8. The summed E-state index contributed by atoms with van der Waals surface area (Å²) in [6, 6.07) is 103. The summed E-state index contributed by atoms with van der Waals surface area (Å²) in [4.78, 5) is 2.45. The van der Waals surface area contributed by atoms with Gasteiger partial charge in [-0.3, -0.25) is 0 Å². The van der Waals surface area contributed by atoms with Crippen LogP contribution in [0.15, 0.2) is 279 Å². The van der Waals surface area contributed by atoms with Crippen LogP contribution in [0.1, 0.15) is 22.3 Å². The largest absolute Gasteiger partial charge is 0.310 e. The Kier molecular flexibility index (Phi) is 9.47. The first-order valence-corrected chi connectivity index (χ1v) is 24.6. The number of rotatable bonds is 8. The molecule has 332 valence electrons. The number of fused-ring (bicyclic) bond motifs is 8. The van der Waals surface area contributed by atoms with E-state index in [9.17, 15) is 0 Å². The van der Waals surface area contributed by atoms with Gasteiger partial charge in [-0.05, 0) is 144 Å². The Balaban J connectivity index is 0.935. The Morgan fingerprint density at radius 2 is 0.873 bits per heavy atom. The molecule has 12 aromatic carbocycles. The van der Waals surface area contributed by atoms with Crippen LogP contribution in [0.2, 0.25) is 0 Å². The van der Waals surface area contributed by atoms with Gasteiger partial charge in [0, 0.05) is 33.5 Å². The Hall–Kier alpha value is -9.24. The standard InChI is InChI=1S/C69H46N2/c1-3-22-53(23-4-1)69(54-24-5-2-6-25-54)65-31-13-11-28-61(65)62-41-40-58(46-66(62)69)70(56-26-15-21-52(44-56)60-30-16-20-49-18-9-10-27-59(49)60)55-37-33-48(34-38-55)51-36-42-68-64(45-51)63-29-12-14-32-67(63)71(68)57-39-35-47-17-7-8-19-50(47)43-57/h1-46H. The van der Waals surface area contributed by atoms with Crippen molar-refractivity contribution in [2.45, 2.75) is 5.41 Å². The molecule has 0 bridgehead atoms. The summed E-state index contributed by atoms with van der Waals surface area (Å²) in [6.07, 6.45) is 0. The van der Waals surface area contributed by atoms with Crippen molar-refractivity contribution in [3.05, 3.63) is 301 Å². The van der Waals surface area contributed by atoms with Crippen molar-refractivity contribution in [1.82, 2.24) is 4.57 Å². The van der Waals surface area contributed by atoms with Crippen molar-refractivity contribution < 1.29 is 0 Å². The van der Waals surface area contributed by atoms with E-state index < -0.39 is 5.41 Å². The Morgan fingerprint density at radius 3 is 1.69 bits per heavy atom. The smallest absolute Gasteiger partial charge is 0.0714 e. The average Bonchev–Trinajstić information content (AvgIpc) is 3.94. The molecule has 2 heteroatoms. The molecular weight excluding hydrogens is 857 g/mol. The van der Waals surface area contributed by atoms with Crippen LogP contribution in [0.25, 0.3) is 82.4 Å². The van der Waals surface area contributed by atoms with Gasteiger partial charge in [0.1, 0.15) is 0 Å². The molecule has 0 saturated carbocycles. The van der Waals surface area contributed by atoms with E-state index in [1.807, 2.05) is 0 Å². The highest BCUT2D eigenvalue weighted by atomic mass is 15.1. The second kappa shape index (κ2) is 16.5. The molecule has 2 nitrogen and oxygen atoms in total. The molecule has 0 amide bonds. The maximum atomic E-state index is 2.47. The van der Waals surface area contributed by atoms with E-state index in [0.29, 0.717) is 0 Å². The number of hydrogen-bond acceptors (Lipinski definition) is 1. The summed E-state index contributed by atoms with van der Waals surface area (Å²) in [5, 5.41) is 7.43. The lowest BCUT2D eigenvalue weighted by Crippen LogP contribution is -2.28. The predicted octanol–water partition coefficient (Wildman–Crippen LogP) is 18.3. The summed E-state index contributed by atoms with van der Waals surface area (Å²) in [5.41, 5.74) is 18.6. The summed E-state index contributed by atoms with van der Waals surface area (Å²) >= 11 is 0. The first-order valence-electron chi connectivity index (χ1n) is 24.6. The lowest BCUT2D eigenvalue weighted by Gasteiger charge is -2.35. The monoisotopic (exact) mass is 902 g/mol. The third-order valence-electron chi connectivity index (χ3n) is 15.0. The van der Waals surface area contributed by atoms with Crippen LogP contribution in [-0.4, -0.2) is 4.57 Å². The van der Waals surface area contributed by atoms with E-state index >= 15 is 0 Å². The SMILES string of the molecule is c1ccc(C2(c3ccccc3)c3ccccc3-c3ccc(N(c4ccc(-c5ccc6c(c5)c5ccccc5n6-c5ccc6ccccc6c5)cc4)c4cccc(-c5cccc6ccccc56)c4)cc32)cc1. The van der Waals surface area contributed by atoms with Crippen molar-refractivity contribution >= 4 is 60.4 Å². The normalized spacial score (nSPS) is 12.6. The number of aromatic nitrogens is 1. The van der Waals surface area contributed by atoms with Gasteiger partial charge in [-0.1, -0.05) is 212 Å². The Bertz CT molecular complexity index is 4120. The van der Waals surface area contributed by atoms with Crippen molar-refractivity contribution in [2.75, 3.05) is 4.90 Å². The van der Waals surface area contributed by atoms with Crippen LogP contribution < -0.4 is 4.90 Å². The fourth-order valence-corrected chi connectivity index (χ4v) is 11.9. The third kappa shape index (κ3) is 6.49. The lowest BCUT2D eigenvalue weighted by molar-refractivity contribution is 0.768. The molecule has 1 aromatic heterocycles. The molecule has 1 aliphatic carbocycles. The molecule has 0 aliphatic heterocycles. The number of anilines is 3. The van der Waals surface area contributed by atoms with E-state index in [-0.39, 0.29) is 0 Å². The molecule has 71 heavy (non-hydrogen) atoms. The lowest BCUT2D eigenvalue weighted by atomic mass is 9.67. The minimum atomic E-state index is -0.527. The molecular formula is C69H46N2. The Morgan fingerprint density at radius 1 is 0.282 bits per heavy atom. The van der Waals surface area contributed by atoms with Gasteiger partial charge < -0.3 is 9.47 Å². The first-order chi connectivity index (χ1) is 35.2. The highest BCUT2D eigenvalue weighted by Crippen LogP contribution is 2.57. The van der Waals surface area contributed by atoms with Gasteiger partial charge in [0.15, 0.2) is 0 Å². The van der Waals surface area contributed by atoms with Crippen LogP contribution >= 0.6 is 0 Å². The molecule has 1 heterocycles. The highest BCUT2D eigenvalue weighted by molar-refractivity contribution is 6.11. The molecule has 0 N–H and O–H groups in total. The molecule has 0 atom stereocenters. The third-order valence-corrected chi connectivity index (χ3v) is 15.0. The summed E-state index contributed by atoms with van der Waals surface area (Å²) in [7, 11) is 0. The molecule has 0 fully saturated rings. The molecule has 0 unspecified atom stereocenters. The average molecular weight is 903 g/mol.